The predicted octanol–water partition coefficient (Wildman–Crippen LogP) is 4.47. The van der Waals surface area contributed by atoms with E-state index < -0.39 is 5.97 Å². The number of hydrogen-bond donors (Lipinski definition) is 1. The van der Waals surface area contributed by atoms with Crippen LogP contribution in [0.25, 0.3) is 6.08 Å². The van der Waals surface area contributed by atoms with Gasteiger partial charge in [0.05, 0.1) is 0 Å². The minimum Gasteiger partial charge on any atom is -0.477 e. The Morgan fingerprint density at radius 2 is 1.74 bits per heavy atom. The minimum absolute atomic E-state index is 0.247. The Balaban J connectivity index is 2.85. The molecule has 23 heavy (non-hydrogen) atoms. The SMILES string of the molecule is CCCCCN(CCCC)c1ccc(/C=C(\C#N)C(=O)O)cc1. The van der Waals surface area contributed by atoms with Crippen LogP contribution in [0.5, 0.6) is 0 Å². The molecule has 0 aromatic heterocycles. The zero-order valence-corrected chi connectivity index (χ0v) is 14.1. The molecule has 124 valence electrons. The maximum atomic E-state index is 10.9. The molecule has 0 fully saturated rings. The molecule has 0 bridgehead atoms. The lowest BCUT2D eigenvalue weighted by Crippen LogP contribution is -2.25. The summed E-state index contributed by atoms with van der Waals surface area (Å²) in [7, 11) is 0. The maximum Gasteiger partial charge on any atom is 0.346 e. The van der Waals surface area contributed by atoms with Gasteiger partial charge >= 0.3 is 5.97 Å². The molecule has 0 aliphatic heterocycles. The van der Waals surface area contributed by atoms with Gasteiger partial charge in [-0.1, -0.05) is 45.2 Å². The third-order valence-corrected chi connectivity index (χ3v) is 3.73. The van der Waals surface area contributed by atoms with E-state index in [1.165, 1.54) is 25.3 Å². The van der Waals surface area contributed by atoms with Gasteiger partial charge in [-0.3, -0.25) is 0 Å². The molecule has 1 rings (SSSR count). The number of hydrogen-bond acceptors (Lipinski definition) is 3. The van der Waals surface area contributed by atoms with Crippen LogP contribution in [0.1, 0.15) is 51.5 Å². The quantitative estimate of drug-likeness (QED) is 0.393. The fourth-order valence-corrected chi connectivity index (χ4v) is 2.36. The van der Waals surface area contributed by atoms with Crippen molar-refractivity contribution in [2.75, 3.05) is 18.0 Å². The summed E-state index contributed by atoms with van der Waals surface area (Å²) >= 11 is 0. The molecule has 4 heteroatoms. The summed E-state index contributed by atoms with van der Waals surface area (Å²) in [5.41, 5.74) is 1.64. The van der Waals surface area contributed by atoms with Crippen molar-refractivity contribution in [1.82, 2.24) is 0 Å². The van der Waals surface area contributed by atoms with Gasteiger partial charge in [0.15, 0.2) is 0 Å². The maximum absolute atomic E-state index is 10.9. The number of carboxylic acids is 1. The lowest BCUT2D eigenvalue weighted by molar-refractivity contribution is -0.132. The van der Waals surface area contributed by atoms with Gasteiger partial charge in [0, 0.05) is 18.8 Å². The Morgan fingerprint density at radius 1 is 1.13 bits per heavy atom. The van der Waals surface area contributed by atoms with E-state index >= 15 is 0 Å². The van der Waals surface area contributed by atoms with Crippen molar-refractivity contribution in [2.45, 2.75) is 46.0 Å². The Morgan fingerprint density at radius 3 is 2.26 bits per heavy atom. The van der Waals surface area contributed by atoms with Crippen LogP contribution in [0.15, 0.2) is 29.8 Å². The van der Waals surface area contributed by atoms with E-state index in [1.807, 2.05) is 24.3 Å². The van der Waals surface area contributed by atoms with E-state index in [4.69, 9.17) is 10.4 Å². The number of unbranched alkanes of at least 4 members (excludes halogenated alkanes) is 3. The fourth-order valence-electron chi connectivity index (χ4n) is 2.36. The van der Waals surface area contributed by atoms with Crippen molar-refractivity contribution >= 4 is 17.7 Å². The average molecular weight is 314 g/mol. The second kappa shape index (κ2) is 10.4. The van der Waals surface area contributed by atoms with E-state index in [1.54, 1.807) is 6.07 Å². The van der Waals surface area contributed by atoms with E-state index in [0.29, 0.717) is 0 Å². The van der Waals surface area contributed by atoms with E-state index in [0.717, 1.165) is 37.2 Å². The van der Waals surface area contributed by atoms with Crippen LogP contribution in [-0.4, -0.2) is 24.2 Å². The number of rotatable bonds is 10. The third kappa shape index (κ3) is 6.56. The van der Waals surface area contributed by atoms with Crippen molar-refractivity contribution in [3.8, 4) is 6.07 Å². The molecule has 4 nitrogen and oxygen atoms in total. The molecule has 1 N–H and O–H groups in total. The fraction of sp³-hybridized carbons (Fsp3) is 0.474. The van der Waals surface area contributed by atoms with Crippen LogP contribution in [-0.2, 0) is 4.79 Å². The second-order valence-corrected chi connectivity index (χ2v) is 5.61. The normalized spacial score (nSPS) is 11.1. The summed E-state index contributed by atoms with van der Waals surface area (Å²) in [6.07, 6.45) is 7.34. The highest BCUT2D eigenvalue weighted by Gasteiger charge is 2.08. The van der Waals surface area contributed by atoms with Crippen LogP contribution in [0, 0.1) is 11.3 Å². The molecule has 0 saturated heterocycles. The first-order valence-electron chi connectivity index (χ1n) is 8.32. The predicted molar refractivity (Wildman–Crippen MR) is 94.3 cm³/mol. The molecular formula is C19H26N2O2. The molecule has 0 aliphatic carbocycles. The van der Waals surface area contributed by atoms with E-state index in [2.05, 4.69) is 18.7 Å². The first-order valence-corrected chi connectivity index (χ1v) is 8.32. The molecule has 0 atom stereocenters. The Hall–Kier alpha value is -2.28. The highest BCUT2D eigenvalue weighted by atomic mass is 16.4. The molecule has 0 unspecified atom stereocenters. The van der Waals surface area contributed by atoms with Crippen LogP contribution in [0.3, 0.4) is 0 Å². The second-order valence-electron chi connectivity index (χ2n) is 5.61. The van der Waals surface area contributed by atoms with Gasteiger partial charge in [0.2, 0.25) is 0 Å². The Bertz CT molecular complexity index is 556. The van der Waals surface area contributed by atoms with Crippen molar-refractivity contribution in [3.63, 3.8) is 0 Å². The summed E-state index contributed by atoms with van der Waals surface area (Å²) in [6.45, 7) is 6.47. The van der Waals surface area contributed by atoms with Crippen LogP contribution >= 0.6 is 0 Å². The number of carbonyl (C=O) groups is 1. The summed E-state index contributed by atoms with van der Waals surface area (Å²) < 4.78 is 0. The smallest absolute Gasteiger partial charge is 0.346 e. The Kier molecular flexibility index (Phi) is 8.52. The number of anilines is 1. The molecule has 0 radical (unpaired) electrons. The van der Waals surface area contributed by atoms with Crippen molar-refractivity contribution in [3.05, 3.63) is 35.4 Å². The summed E-state index contributed by atoms with van der Waals surface area (Å²) in [5, 5.41) is 17.7. The zero-order chi connectivity index (χ0) is 17.1. The van der Waals surface area contributed by atoms with E-state index in [9.17, 15) is 4.79 Å². The molecule has 0 heterocycles. The van der Waals surface area contributed by atoms with Gasteiger partial charge in [-0.2, -0.15) is 5.26 Å². The van der Waals surface area contributed by atoms with Gasteiger partial charge in [-0.15, -0.1) is 0 Å². The van der Waals surface area contributed by atoms with Gasteiger partial charge in [0.25, 0.3) is 0 Å². The number of nitriles is 1. The number of nitrogens with zero attached hydrogens (tertiary/aromatic N) is 2. The minimum atomic E-state index is -1.19. The first kappa shape index (κ1) is 18.8. The van der Waals surface area contributed by atoms with Gasteiger partial charge < -0.3 is 10.0 Å². The van der Waals surface area contributed by atoms with Gasteiger partial charge in [0.1, 0.15) is 11.6 Å². The standard InChI is InChI=1S/C19H26N2O2/c1-3-5-7-13-21(12-6-4-2)18-10-8-16(9-11-18)14-17(15-20)19(22)23/h8-11,14H,3-7,12-13H2,1-2H3,(H,22,23)/b17-14+. The molecular weight excluding hydrogens is 288 g/mol. The van der Waals surface area contributed by atoms with Gasteiger partial charge in [-0.05, 0) is 36.6 Å². The molecule has 0 aliphatic rings. The summed E-state index contributed by atoms with van der Waals surface area (Å²) in [5.74, 6) is -1.19. The van der Waals surface area contributed by atoms with Crippen LogP contribution in [0.2, 0.25) is 0 Å². The van der Waals surface area contributed by atoms with Crippen molar-refractivity contribution in [1.29, 1.82) is 5.26 Å². The van der Waals surface area contributed by atoms with Crippen LogP contribution < -0.4 is 4.90 Å². The molecule has 0 saturated carbocycles. The molecule has 0 amide bonds. The lowest BCUT2D eigenvalue weighted by atomic mass is 10.1. The summed E-state index contributed by atoms with van der Waals surface area (Å²) in [6, 6.07) is 9.45. The first-order chi connectivity index (χ1) is 11.1. The van der Waals surface area contributed by atoms with Gasteiger partial charge in [-0.25, -0.2) is 4.79 Å². The topological polar surface area (TPSA) is 64.3 Å². The molecule has 0 spiro atoms. The monoisotopic (exact) mass is 314 g/mol. The van der Waals surface area contributed by atoms with Crippen molar-refractivity contribution < 1.29 is 9.90 Å². The largest absolute Gasteiger partial charge is 0.477 e. The number of carboxylic acid groups (broad SMARTS) is 1. The number of benzene rings is 1. The third-order valence-electron chi connectivity index (χ3n) is 3.73. The zero-order valence-electron chi connectivity index (χ0n) is 14.1. The summed E-state index contributed by atoms with van der Waals surface area (Å²) in [4.78, 5) is 13.3. The number of aliphatic carboxylic acids is 1. The average Bonchev–Trinajstić information content (AvgIpc) is 2.56. The van der Waals surface area contributed by atoms with Crippen LogP contribution in [0.4, 0.5) is 5.69 Å². The molecule has 1 aromatic carbocycles. The van der Waals surface area contributed by atoms with E-state index in [-0.39, 0.29) is 5.57 Å². The highest BCUT2D eigenvalue weighted by molar-refractivity contribution is 5.96. The van der Waals surface area contributed by atoms with Crippen molar-refractivity contribution in [2.24, 2.45) is 0 Å². The lowest BCUT2D eigenvalue weighted by Gasteiger charge is -2.25. The Labute approximate surface area is 139 Å². The highest BCUT2D eigenvalue weighted by Crippen LogP contribution is 2.18. The molecule has 1 aromatic rings.